The van der Waals surface area contributed by atoms with Crippen LogP contribution in [0.2, 0.25) is 0 Å². The van der Waals surface area contributed by atoms with E-state index in [4.69, 9.17) is 10.5 Å². The third-order valence-corrected chi connectivity index (χ3v) is 4.57. The van der Waals surface area contributed by atoms with E-state index in [1.54, 1.807) is 12.1 Å². The second kappa shape index (κ2) is 7.32. The van der Waals surface area contributed by atoms with Crippen molar-refractivity contribution < 1.29 is 9.53 Å². The fourth-order valence-corrected chi connectivity index (χ4v) is 3.20. The maximum absolute atomic E-state index is 11.6. The van der Waals surface area contributed by atoms with Crippen LogP contribution in [0.25, 0.3) is 11.3 Å². The van der Waals surface area contributed by atoms with Crippen molar-refractivity contribution in [1.29, 1.82) is 5.26 Å². The fourth-order valence-electron chi connectivity index (χ4n) is 3.20. The summed E-state index contributed by atoms with van der Waals surface area (Å²) in [4.78, 5) is 15.9. The number of anilines is 1. The Morgan fingerprint density at radius 3 is 2.60 bits per heavy atom. The molecule has 128 valence electrons. The van der Waals surface area contributed by atoms with E-state index in [1.165, 1.54) is 7.11 Å². The maximum atomic E-state index is 11.6. The van der Waals surface area contributed by atoms with Gasteiger partial charge in [-0.15, -0.1) is 0 Å². The molecule has 0 radical (unpaired) electrons. The number of hydrogen-bond donors (Lipinski definition) is 2. The predicted molar refractivity (Wildman–Crippen MR) is 95.0 cm³/mol. The number of aromatic nitrogens is 1. The Bertz CT molecular complexity index is 819. The number of nitriles is 1. The van der Waals surface area contributed by atoms with Crippen molar-refractivity contribution in [1.82, 2.24) is 10.3 Å². The Kier molecular flexibility index (Phi) is 4.96. The van der Waals surface area contributed by atoms with E-state index < -0.39 is 0 Å². The van der Waals surface area contributed by atoms with Crippen LogP contribution in [-0.4, -0.2) is 31.2 Å². The number of nitrogens with two attached hydrogens (primary N) is 1. The first-order valence-corrected chi connectivity index (χ1v) is 8.24. The van der Waals surface area contributed by atoms with Crippen molar-refractivity contribution in [2.24, 2.45) is 0 Å². The zero-order chi connectivity index (χ0) is 17.8. The third-order valence-electron chi connectivity index (χ3n) is 4.57. The molecule has 1 aliphatic rings. The molecule has 6 nitrogen and oxygen atoms in total. The van der Waals surface area contributed by atoms with Crippen molar-refractivity contribution >= 4 is 11.8 Å². The van der Waals surface area contributed by atoms with E-state index >= 15 is 0 Å². The minimum absolute atomic E-state index is 0.255. The van der Waals surface area contributed by atoms with Crippen LogP contribution in [0.15, 0.2) is 30.3 Å². The third kappa shape index (κ3) is 3.47. The number of piperidine rings is 1. The topological polar surface area (TPSA) is 101 Å². The first-order valence-electron chi connectivity index (χ1n) is 8.24. The highest BCUT2D eigenvalue weighted by molar-refractivity contribution is 5.89. The molecule has 0 unspecified atom stereocenters. The van der Waals surface area contributed by atoms with Gasteiger partial charge in [-0.05, 0) is 55.6 Å². The zero-order valence-corrected chi connectivity index (χ0v) is 14.1. The number of nitrogens with one attached hydrogen (secondary N) is 1. The second-order valence-corrected chi connectivity index (χ2v) is 6.06. The predicted octanol–water partition coefficient (Wildman–Crippen LogP) is 2.46. The van der Waals surface area contributed by atoms with Gasteiger partial charge in [0.1, 0.15) is 11.9 Å². The number of ether oxygens (including phenoxy) is 1. The Morgan fingerprint density at radius 2 is 2.00 bits per heavy atom. The second-order valence-electron chi connectivity index (χ2n) is 6.06. The van der Waals surface area contributed by atoms with E-state index in [2.05, 4.69) is 16.4 Å². The van der Waals surface area contributed by atoms with Gasteiger partial charge in [-0.25, -0.2) is 9.78 Å². The number of pyridine rings is 1. The molecule has 3 N–H and O–H groups in total. The van der Waals surface area contributed by atoms with Gasteiger partial charge in [-0.1, -0.05) is 12.1 Å². The van der Waals surface area contributed by atoms with Crippen LogP contribution in [0.5, 0.6) is 0 Å². The minimum Gasteiger partial charge on any atom is -0.465 e. The molecule has 0 atom stereocenters. The van der Waals surface area contributed by atoms with Gasteiger partial charge in [-0.2, -0.15) is 5.26 Å². The number of benzene rings is 1. The number of esters is 1. The lowest BCUT2D eigenvalue weighted by Gasteiger charge is -2.24. The van der Waals surface area contributed by atoms with Crippen LogP contribution in [0.4, 0.5) is 5.82 Å². The number of hydrogen-bond acceptors (Lipinski definition) is 6. The monoisotopic (exact) mass is 336 g/mol. The molecule has 1 aromatic heterocycles. The molecule has 1 fully saturated rings. The van der Waals surface area contributed by atoms with Crippen molar-refractivity contribution in [3.63, 3.8) is 0 Å². The molecule has 0 aliphatic carbocycles. The van der Waals surface area contributed by atoms with Crippen LogP contribution in [-0.2, 0) is 4.74 Å². The highest BCUT2D eigenvalue weighted by atomic mass is 16.5. The standard InChI is InChI=1S/C19H20N4O2/c1-25-19(24)14-4-2-13(3-5-14)17-10-15(12-6-8-22-9-7-12)16(11-20)18(21)23-17/h2-5,10,12,22H,6-9H2,1H3,(H2,21,23). The molecule has 2 aromatic rings. The average Bonchev–Trinajstić information content (AvgIpc) is 2.67. The number of carbonyl (C=O) groups is 1. The van der Waals surface area contributed by atoms with Gasteiger partial charge in [-0.3, -0.25) is 0 Å². The van der Waals surface area contributed by atoms with E-state index in [0.717, 1.165) is 37.1 Å². The summed E-state index contributed by atoms with van der Waals surface area (Å²) in [5.41, 5.74) is 9.52. The van der Waals surface area contributed by atoms with E-state index in [0.29, 0.717) is 22.7 Å². The Balaban J connectivity index is 2.00. The van der Waals surface area contributed by atoms with Gasteiger partial charge in [0.25, 0.3) is 0 Å². The van der Waals surface area contributed by atoms with Gasteiger partial charge >= 0.3 is 5.97 Å². The average molecular weight is 336 g/mol. The molecule has 0 bridgehead atoms. The molecule has 1 saturated heterocycles. The summed E-state index contributed by atoms with van der Waals surface area (Å²) in [6.07, 6.45) is 1.94. The number of nitrogens with zero attached hydrogens (tertiary/aromatic N) is 2. The lowest BCUT2D eigenvalue weighted by atomic mass is 9.87. The lowest BCUT2D eigenvalue weighted by molar-refractivity contribution is 0.0601. The summed E-state index contributed by atoms with van der Waals surface area (Å²) in [7, 11) is 1.35. The van der Waals surface area contributed by atoms with E-state index in [1.807, 2.05) is 18.2 Å². The van der Waals surface area contributed by atoms with Gasteiger partial charge in [0.15, 0.2) is 0 Å². The fraction of sp³-hybridized carbons (Fsp3) is 0.316. The summed E-state index contributed by atoms with van der Waals surface area (Å²) in [5.74, 6) is 0.175. The Morgan fingerprint density at radius 1 is 1.32 bits per heavy atom. The van der Waals surface area contributed by atoms with Gasteiger partial charge in [0.2, 0.25) is 0 Å². The largest absolute Gasteiger partial charge is 0.465 e. The number of rotatable bonds is 3. The lowest BCUT2D eigenvalue weighted by Crippen LogP contribution is -2.27. The first kappa shape index (κ1) is 16.9. The van der Waals surface area contributed by atoms with Crippen molar-refractivity contribution in [3.05, 3.63) is 47.0 Å². The number of methoxy groups -OCH3 is 1. The molecule has 25 heavy (non-hydrogen) atoms. The highest BCUT2D eigenvalue weighted by Gasteiger charge is 2.21. The van der Waals surface area contributed by atoms with Crippen LogP contribution in [0.1, 0.15) is 40.2 Å². The molecule has 2 heterocycles. The van der Waals surface area contributed by atoms with Gasteiger partial charge < -0.3 is 15.8 Å². The molecule has 0 amide bonds. The van der Waals surface area contributed by atoms with E-state index in [9.17, 15) is 10.1 Å². The first-order chi connectivity index (χ1) is 12.1. The quantitative estimate of drug-likeness (QED) is 0.835. The molecule has 6 heteroatoms. The number of carbonyl (C=O) groups excluding carboxylic acids is 1. The molecule has 1 aliphatic heterocycles. The summed E-state index contributed by atoms with van der Waals surface area (Å²) in [5, 5.41) is 12.8. The van der Waals surface area contributed by atoms with Crippen LogP contribution < -0.4 is 11.1 Å². The maximum Gasteiger partial charge on any atom is 0.337 e. The minimum atomic E-state index is -0.380. The summed E-state index contributed by atoms with van der Waals surface area (Å²) in [6.45, 7) is 1.86. The number of nitrogen functional groups attached to an aromatic ring is 1. The van der Waals surface area contributed by atoms with Crippen LogP contribution >= 0.6 is 0 Å². The van der Waals surface area contributed by atoms with Crippen LogP contribution in [0, 0.1) is 11.3 Å². The highest BCUT2D eigenvalue weighted by Crippen LogP contribution is 2.33. The summed E-state index contributed by atoms with van der Waals surface area (Å²) in [6, 6.07) is 11.2. The van der Waals surface area contributed by atoms with Gasteiger partial charge in [0.05, 0.1) is 23.9 Å². The Labute approximate surface area is 146 Å². The van der Waals surface area contributed by atoms with E-state index in [-0.39, 0.29) is 11.8 Å². The molecule has 3 rings (SSSR count). The molecular weight excluding hydrogens is 316 g/mol. The van der Waals surface area contributed by atoms with Crippen LogP contribution in [0.3, 0.4) is 0 Å². The molecular formula is C19H20N4O2. The molecule has 0 saturated carbocycles. The SMILES string of the molecule is COC(=O)c1ccc(-c2cc(C3CCNCC3)c(C#N)c(N)n2)cc1. The van der Waals surface area contributed by atoms with Gasteiger partial charge in [0, 0.05) is 5.56 Å². The summed E-state index contributed by atoms with van der Waals surface area (Å²) < 4.78 is 4.71. The normalized spacial score (nSPS) is 14.7. The molecule has 0 spiro atoms. The van der Waals surface area contributed by atoms with Crippen molar-refractivity contribution in [2.45, 2.75) is 18.8 Å². The van der Waals surface area contributed by atoms with Crippen molar-refractivity contribution in [2.75, 3.05) is 25.9 Å². The zero-order valence-electron chi connectivity index (χ0n) is 14.1. The summed E-state index contributed by atoms with van der Waals surface area (Å²) >= 11 is 0. The Hall–Kier alpha value is -2.91. The molecule has 1 aromatic carbocycles. The van der Waals surface area contributed by atoms with Crippen molar-refractivity contribution in [3.8, 4) is 17.3 Å². The smallest absolute Gasteiger partial charge is 0.337 e.